The Labute approximate surface area is 99.1 Å². The first-order valence-electron chi connectivity index (χ1n) is 6.25. The van der Waals surface area contributed by atoms with Gasteiger partial charge in [-0.3, -0.25) is 4.90 Å². The Kier molecular flexibility index (Phi) is 6.96. The molecule has 2 atom stereocenters. The Balaban J connectivity index is 2.30. The summed E-state index contributed by atoms with van der Waals surface area (Å²) >= 11 is 0. The molecule has 96 valence electrons. The van der Waals surface area contributed by atoms with Crippen LogP contribution in [0.1, 0.15) is 19.3 Å². The summed E-state index contributed by atoms with van der Waals surface area (Å²) in [5.41, 5.74) is 5.76. The molecule has 1 rings (SSSR count). The molecule has 0 aliphatic heterocycles. The molecule has 0 aromatic rings. The molecule has 4 nitrogen and oxygen atoms in total. The number of nitrogens with zero attached hydrogens (tertiary/aromatic N) is 1. The van der Waals surface area contributed by atoms with E-state index in [9.17, 15) is 0 Å². The lowest BCUT2D eigenvalue weighted by atomic mass is 9.78. The van der Waals surface area contributed by atoms with Gasteiger partial charge in [0.2, 0.25) is 0 Å². The van der Waals surface area contributed by atoms with E-state index in [0.29, 0.717) is 12.0 Å². The molecular weight excluding hydrogens is 204 g/mol. The highest BCUT2D eigenvalue weighted by molar-refractivity contribution is 4.89. The Bertz CT molecular complexity index is 176. The summed E-state index contributed by atoms with van der Waals surface area (Å²) in [4.78, 5) is 2.52. The summed E-state index contributed by atoms with van der Waals surface area (Å²) in [6.07, 6.45) is 3.67. The molecule has 16 heavy (non-hydrogen) atoms. The number of nitrogens with two attached hydrogens (primary N) is 1. The molecule has 0 aromatic heterocycles. The fraction of sp³-hybridized carbons (Fsp3) is 1.00. The van der Waals surface area contributed by atoms with E-state index in [1.807, 2.05) is 0 Å². The molecule has 1 saturated carbocycles. The Morgan fingerprint density at radius 1 is 1.12 bits per heavy atom. The van der Waals surface area contributed by atoms with Gasteiger partial charge in [-0.1, -0.05) is 0 Å². The SMILES string of the molecule is COCCCN(CCOC)C1CCC1CN. The van der Waals surface area contributed by atoms with E-state index < -0.39 is 0 Å². The first kappa shape index (κ1) is 13.9. The van der Waals surface area contributed by atoms with Gasteiger partial charge in [0.1, 0.15) is 0 Å². The topological polar surface area (TPSA) is 47.7 Å². The van der Waals surface area contributed by atoms with Gasteiger partial charge < -0.3 is 15.2 Å². The maximum Gasteiger partial charge on any atom is 0.0589 e. The van der Waals surface area contributed by atoms with E-state index in [1.54, 1.807) is 14.2 Å². The highest BCUT2D eigenvalue weighted by Gasteiger charge is 2.33. The number of rotatable bonds is 9. The van der Waals surface area contributed by atoms with E-state index in [0.717, 1.165) is 39.3 Å². The number of hydrogen-bond acceptors (Lipinski definition) is 4. The van der Waals surface area contributed by atoms with Crippen LogP contribution in [0.4, 0.5) is 0 Å². The van der Waals surface area contributed by atoms with Crippen molar-refractivity contribution in [3.8, 4) is 0 Å². The standard InChI is InChI=1S/C12H26N2O2/c1-15-8-3-6-14(7-9-16-2)12-5-4-11(12)10-13/h11-12H,3-10,13H2,1-2H3. The molecule has 0 bridgehead atoms. The minimum absolute atomic E-state index is 0.678. The summed E-state index contributed by atoms with van der Waals surface area (Å²) in [6.45, 7) is 4.57. The van der Waals surface area contributed by atoms with Crippen LogP contribution < -0.4 is 5.73 Å². The van der Waals surface area contributed by atoms with Crippen LogP contribution in [0.15, 0.2) is 0 Å². The first-order valence-corrected chi connectivity index (χ1v) is 6.25. The predicted octanol–water partition coefficient (Wildman–Crippen LogP) is 0.709. The Morgan fingerprint density at radius 3 is 2.38 bits per heavy atom. The van der Waals surface area contributed by atoms with Crippen molar-refractivity contribution in [3.63, 3.8) is 0 Å². The molecule has 2 unspecified atom stereocenters. The van der Waals surface area contributed by atoms with E-state index >= 15 is 0 Å². The van der Waals surface area contributed by atoms with Gasteiger partial charge in [-0.2, -0.15) is 0 Å². The summed E-state index contributed by atoms with van der Waals surface area (Å²) in [5.74, 6) is 0.694. The summed E-state index contributed by atoms with van der Waals surface area (Å²) in [5, 5.41) is 0. The van der Waals surface area contributed by atoms with E-state index in [1.165, 1.54) is 12.8 Å². The average molecular weight is 230 g/mol. The van der Waals surface area contributed by atoms with Crippen molar-refractivity contribution in [1.82, 2.24) is 4.90 Å². The molecule has 1 aliphatic rings. The summed E-state index contributed by atoms with van der Waals surface area (Å²) in [6, 6.07) is 0.678. The maximum atomic E-state index is 5.76. The van der Waals surface area contributed by atoms with Crippen molar-refractivity contribution >= 4 is 0 Å². The molecule has 0 heterocycles. The maximum absolute atomic E-state index is 5.76. The van der Waals surface area contributed by atoms with Crippen LogP contribution in [0.5, 0.6) is 0 Å². The van der Waals surface area contributed by atoms with Gasteiger partial charge in [0, 0.05) is 40.0 Å². The van der Waals surface area contributed by atoms with Crippen LogP contribution in [0.25, 0.3) is 0 Å². The molecule has 1 aliphatic carbocycles. The minimum Gasteiger partial charge on any atom is -0.385 e. The molecule has 0 saturated heterocycles. The van der Waals surface area contributed by atoms with Crippen LogP contribution in [0.3, 0.4) is 0 Å². The van der Waals surface area contributed by atoms with E-state index in [-0.39, 0.29) is 0 Å². The zero-order valence-electron chi connectivity index (χ0n) is 10.7. The molecule has 0 spiro atoms. The third-order valence-corrected chi connectivity index (χ3v) is 3.53. The monoisotopic (exact) mass is 230 g/mol. The lowest BCUT2D eigenvalue weighted by Crippen LogP contribution is -2.51. The highest BCUT2D eigenvalue weighted by Crippen LogP contribution is 2.31. The number of ether oxygens (including phenoxy) is 2. The van der Waals surface area contributed by atoms with Crippen molar-refractivity contribution < 1.29 is 9.47 Å². The van der Waals surface area contributed by atoms with Crippen LogP contribution in [0.2, 0.25) is 0 Å². The number of methoxy groups -OCH3 is 2. The van der Waals surface area contributed by atoms with Gasteiger partial charge in [-0.05, 0) is 31.7 Å². The van der Waals surface area contributed by atoms with Crippen molar-refractivity contribution in [1.29, 1.82) is 0 Å². The highest BCUT2D eigenvalue weighted by atomic mass is 16.5. The molecule has 0 radical (unpaired) electrons. The zero-order chi connectivity index (χ0) is 11.8. The summed E-state index contributed by atoms with van der Waals surface area (Å²) < 4.78 is 10.3. The first-order chi connectivity index (χ1) is 7.83. The van der Waals surface area contributed by atoms with Crippen molar-refractivity contribution in [2.45, 2.75) is 25.3 Å². The third kappa shape index (κ3) is 4.01. The Morgan fingerprint density at radius 2 is 1.88 bits per heavy atom. The van der Waals surface area contributed by atoms with Gasteiger partial charge in [-0.25, -0.2) is 0 Å². The van der Waals surface area contributed by atoms with Crippen molar-refractivity contribution in [3.05, 3.63) is 0 Å². The van der Waals surface area contributed by atoms with E-state index in [4.69, 9.17) is 15.2 Å². The van der Waals surface area contributed by atoms with Gasteiger partial charge >= 0.3 is 0 Å². The van der Waals surface area contributed by atoms with Crippen LogP contribution in [0, 0.1) is 5.92 Å². The molecular formula is C12H26N2O2. The smallest absolute Gasteiger partial charge is 0.0589 e. The van der Waals surface area contributed by atoms with Gasteiger partial charge in [0.05, 0.1) is 6.61 Å². The van der Waals surface area contributed by atoms with Gasteiger partial charge in [0.25, 0.3) is 0 Å². The molecule has 0 amide bonds. The average Bonchev–Trinajstić information content (AvgIpc) is 2.25. The van der Waals surface area contributed by atoms with Crippen molar-refractivity contribution in [2.75, 3.05) is 47.1 Å². The minimum atomic E-state index is 0.678. The quantitative estimate of drug-likeness (QED) is 0.593. The predicted molar refractivity (Wildman–Crippen MR) is 65.5 cm³/mol. The second kappa shape index (κ2) is 8.01. The van der Waals surface area contributed by atoms with Crippen LogP contribution in [-0.2, 0) is 9.47 Å². The molecule has 0 aromatic carbocycles. The lowest BCUT2D eigenvalue weighted by Gasteiger charge is -2.44. The number of hydrogen-bond donors (Lipinski definition) is 1. The normalized spacial score (nSPS) is 24.8. The third-order valence-electron chi connectivity index (χ3n) is 3.53. The molecule has 4 heteroatoms. The second-order valence-corrected chi connectivity index (χ2v) is 4.52. The molecule has 2 N–H and O–H groups in total. The largest absolute Gasteiger partial charge is 0.385 e. The summed E-state index contributed by atoms with van der Waals surface area (Å²) in [7, 11) is 3.51. The fourth-order valence-corrected chi connectivity index (χ4v) is 2.37. The molecule has 1 fully saturated rings. The van der Waals surface area contributed by atoms with E-state index in [2.05, 4.69) is 4.90 Å². The van der Waals surface area contributed by atoms with Crippen LogP contribution in [-0.4, -0.2) is 58.0 Å². The van der Waals surface area contributed by atoms with Gasteiger partial charge in [0.15, 0.2) is 0 Å². The fourth-order valence-electron chi connectivity index (χ4n) is 2.37. The second-order valence-electron chi connectivity index (χ2n) is 4.52. The lowest BCUT2D eigenvalue weighted by molar-refractivity contribution is 0.0372. The van der Waals surface area contributed by atoms with Crippen molar-refractivity contribution in [2.24, 2.45) is 11.7 Å². The zero-order valence-corrected chi connectivity index (χ0v) is 10.7. The van der Waals surface area contributed by atoms with Gasteiger partial charge in [-0.15, -0.1) is 0 Å². The van der Waals surface area contributed by atoms with Crippen LogP contribution >= 0.6 is 0 Å². The Hall–Kier alpha value is -0.160.